The fourth-order valence-corrected chi connectivity index (χ4v) is 1.45. The first-order valence-electron chi connectivity index (χ1n) is 4.16. The molecule has 0 saturated carbocycles. The summed E-state index contributed by atoms with van der Waals surface area (Å²) in [6, 6.07) is 2.18. The van der Waals surface area contributed by atoms with E-state index in [-0.39, 0.29) is 0 Å². The summed E-state index contributed by atoms with van der Waals surface area (Å²) in [5.41, 5.74) is 3.60. The normalized spacial score (nSPS) is 15.2. The van der Waals surface area contributed by atoms with Crippen LogP contribution in [-0.2, 0) is 6.42 Å². The zero-order chi connectivity index (χ0) is 8.55. The van der Waals surface area contributed by atoms with Gasteiger partial charge in [0.1, 0.15) is 5.82 Å². The van der Waals surface area contributed by atoms with Crippen molar-refractivity contribution in [3.05, 3.63) is 35.7 Å². The number of hydrogen-bond donors (Lipinski definition) is 1. The first-order chi connectivity index (χ1) is 5.75. The maximum atomic E-state index is 4.30. The molecule has 0 atom stereocenters. The Hall–Kier alpha value is -1.31. The first kappa shape index (κ1) is 7.35. The van der Waals surface area contributed by atoms with Crippen molar-refractivity contribution in [3.63, 3.8) is 0 Å². The number of hydrogen-bond acceptors (Lipinski definition) is 2. The highest BCUT2D eigenvalue weighted by Gasteiger charge is 2.11. The molecule has 0 radical (unpaired) electrons. The Morgan fingerprint density at radius 2 is 2.33 bits per heavy atom. The molecule has 2 nitrogen and oxygen atoms in total. The van der Waals surface area contributed by atoms with E-state index in [1.165, 1.54) is 11.1 Å². The second-order valence-corrected chi connectivity index (χ2v) is 3.25. The monoisotopic (exact) mass is 160 g/mol. The molecule has 1 N–H and O–H groups in total. The maximum absolute atomic E-state index is 4.30. The molecule has 2 rings (SSSR count). The summed E-state index contributed by atoms with van der Waals surface area (Å²) < 4.78 is 0. The van der Waals surface area contributed by atoms with Gasteiger partial charge in [0.05, 0.1) is 0 Å². The number of nitrogens with one attached hydrogen (secondary N) is 1. The van der Waals surface area contributed by atoms with Gasteiger partial charge in [-0.1, -0.05) is 12.6 Å². The van der Waals surface area contributed by atoms with Gasteiger partial charge in [0.25, 0.3) is 0 Å². The van der Waals surface area contributed by atoms with Crippen molar-refractivity contribution in [3.8, 4) is 0 Å². The van der Waals surface area contributed by atoms with Gasteiger partial charge in [-0.25, -0.2) is 4.98 Å². The zero-order valence-electron chi connectivity index (χ0n) is 7.22. The Morgan fingerprint density at radius 3 is 3.17 bits per heavy atom. The van der Waals surface area contributed by atoms with Crippen LogP contribution < -0.4 is 5.32 Å². The lowest BCUT2D eigenvalue weighted by molar-refractivity contribution is 0.899. The number of allylic oxidation sites excluding steroid dienone is 1. The van der Waals surface area contributed by atoms with Gasteiger partial charge < -0.3 is 5.32 Å². The third kappa shape index (κ3) is 1.20. The molecule has 0 saturated heterocycles. The van der Waals surface area contributed by atoms with Gasteiger partial charge in [-0.15, -0.1) is 0 Å². The van der Waals surface area contributed by atoms with E-state index >= 15 is 0 Å². The lowest BCUT2D eigenvalue weighted by atomic mass is 10.0. The van der Waals surface area contributed by atoms with Crippen molar-refractivity contribution in [1.82, 2.24) is 4.98 Å². The molecule has 0 spiro atoms. The van der Waals surface area contributed by atoms with E-state index in [1.807, 2.05) is 6.20 Å². The van der Waals surface area contributed by atoms with Crippen LogP contribution in [0.3, 0.4) is 0 Å². The fraction of sp³-hybridized carbons (Fsp3) is 0.300. The molecule has 0 unspecified atom stereocenters. The molecule has 62 valence electrons. The van der Waals surface area contributed by atoms with Gasteiger partial charge >= 0.3 is 0 Å². The largest absolute Gasteiger partial charge is 0.344 e. The predicted octanol–water partition coefficient (Wildman–Crippen LogP) is 2.26. The van der Waals surface area contributed by atoms with Gasteiger partial charge in [-0.05, 0) is 30.9 Å². The highest BCUT2D eigenvalue weighted by molar-refractivity contribution is 5.52. The molecule has 2 heterocycles. The van der Waals surface area contributed by atoms with Gasteiger partial charge in [-0.2, -0.15) is 0 Å². The van der Waals surface area contributed by atoms with Crippen LogP contribution >= 0.6 is 0 Å². The van der Waals surface area contributed by atoms with Crippen LogP contribution in [0.4, 0.5) is 5.82 Å². The van der Waals surface area contributed by atoms with E-state index < -0.39 is 0 Å². The van der Waals surface area contributed by atoms with Crippen molar-refractivity contribution in [2.75, 3.05) is 5.32 Å². The Kier molecular flexibility index (Phi) is 1.61. The second kappa shape index (κ2) is 2.63. The van der Waals surface area contributed by atoms with Crippen molar-refractivity contribution in [2.24, 2.45) is 0 Å². The van der Waals surface area contributed by atoms with E-state index in [1.54, 1.807) is 0 Å². The summed E-state index contributed by atoms with van der Waals surface area (Å²) in [5, 5.41) is 3.18. The number of aryl methyl sites for hydroxylation is 2. The van der Waals surface area contributed by atoms with E-state index in [0.717, 1.165) is 24.4 Å². The summed E-state index contributed by atoms with van der Waals surface area (Å²) in [5.74, 6) is 0.983. The lowest BCUT2D eigenvalue weighted by Gasteiger charge is -2.18. The lowest BCUT2D eigenvalue weighted by Crippen LogP contribution is -2.10. The quantitative estimate of drug-likeness (QED) is 0.629. The van der Waals surface area contributed by atoms with E-state index in [2.05, 4.69) is 29.9 Å². The topological polar surface area (TPSA) is 24.9 Å². The van der Waals surface area contributed by atoms with Gasteiger partial charge in [0.2, 0.25) is 0 Å². The summed E-state index contributed by atoms with van der Waals surface area (Å²) >= 11 is 0. The molecule has 0 bridgehead atoms. The van der Waals surface area contributed by atoms with Crippen molar-refractivity contribution in [2.45, 2.75) is 19.8 Å². The summed E-state index contributed by atoms with van der Waals surface area (Å²) in [6.07, 6.45) is 3.97. The number of nitrogens with zero attached hydrogens (tertiary/aromatic N) is 1. The molecule has 1 aromatic heterocycles. The van der Waals surface area contributed by atoms with Crippen LogP contribution in [0.1, 0.15) is 17.5 Å². The highest BCUT2D eigenvalue weighted by atomic mass is 15.0. The van der Waals surface area contributed by atoms with Crippen molar-refractivity contribution >= 4 is 5.82 Å². The fourth-order valence-electron chi connectivity index (χ4n) is 1.45. The molecule has 2 heteroatoms. The molecule has 1 aliphatic rings. The Morgan fingerprint density at radius 1 is 1.50 bits per heavy atom. The molecule has 1 aliphatic heterocycles. The minimum Gasteiger partial charge on any atom is -0.344 e. The average molecular weight is 160 g/mol. The van der Waals surface area contributed by atoms with Crippen LogP contribution in [0.5, 0.6) is 0 Å². The molecule has 1 aromatic rings. The molecule has 12 heavy (non-hydrogen) atoms. The Bertz CT molecular complexity index is 329. The molecule has 0 aromatic carbocycles. The molecular weight excluding hydrogens is 148 g/mol. The second-order valence-electron chi connectivity index (χ2n) is 3.25. The van der Waals surface area contributed by atoms with Gasteiger partial charge in [0.15, 0.2) is 0 Å². The molecule has 0 fully saturated rings. The number of aromatic nitrogens is 1. The van der Waals surface area contributed by atoms with Crippen LogP contribution in [0.25, 0.3) is 0 Å². The number of anilines is 1. The Labute approximate surface area is 72.3 Å². The third-order valence-corrected chi connectivity index (χ3v) is 2.09. The first-order valence-corrected chi connectivity index (χ1v) is 4.16. The minimum atomic E-state index is 0.983. The molecule has 0 amide bonds. The Balaban J connectivity index is 2.43. The average Bonchev–Trinajstić information content (AvgIpc) is 2.05. The SMILES string of the molecule is C=C1CCc2cc(C)cnc2N1. The van der Waals surface area contributed by atoms with Gasteiger partial charge in [0, 0.05) is 11.9 Å². The van der Waals surface area contributed by atoms with Crippen LogP contribution in [0.15, 0.2) is 24.5 Å². The van der Waals surface area contributed by atoms with E-state index in [0.29, 0.717) is 0 Å². The highest BCUT2D eigenvalue weighted by Crippen LogP contribution is 2.23. The van der Waals surface area contributed by atoms with Crippen LogP contribution in [-0.4, -0.2) is 4.98 Å². The van der Waals surface area contributed by atoms with E-state index in [9.17, 15) is 0 Å². The van der Waals surface area contributed by atoms with Gasteiger partial charge in [-0.3, -0.25) is 0 Å². The molecular formula is C10H12N2. The van der Waals surface area contributed by atoms with Crippen molar-refractivity contribution < 1.29 is 0 Å². The van der Waals surface area contributed by atoms with Crippen LogP contribution in [0.2, 0.25) is 0 Å². The van der Waals surface area contributed by atoms with E-state index in [4.69, 9.17) is 0 Å². The molecule has 0 aliphatic carbocycles. The number of fused-ring (bicyclic) bond motifs is 1. The minimum absolute atomic E-state index is 0.983. The predicted molar refractivity (Wildman–Crippen MR) is 50.1 cm³/mol. The van der Waals surface area contributed by atoms with Crippen molar-refractivity contribution in [1.29, 1.82) is 0 Å². The third-order valence-electron chi connectivity index (χ3n) is 2.09. The summed E-state index contributed by atoms with van der Waals surface area (Å²) in [4.78, 5) is 4.30. The summed E-state index contributed by atoms with van der Waals surface area (Å²) in [7, 11) is 0. The number of rotatable bonds is 0. The van der Waals surface area contributed by atoms with Crippen LogP contribution in [0, 0.1) is 6.92 Å². The smallest absolute Gasteiger partial charge is 0.133 e. The zero-order valence-corrected chi connectivity index (χ0v) is 7.22. The number of pyridine rings is 1. The standard InChI is InChI=1S/C10H12N2/c1-7-5-9-4-3-8(2)12-10(9)11-6-7/h5-6H,2-4H2,1H3,(H,11,12). The maximum Gasteiger partial charge on any atom is 0.133 e. The summed E-state index contributed by atoms with van der Waals surface area (Å²) in [6.45, 7) is 5.95.